The highest BCUT2D eigenvalue weighted by atomic mass is 16.5. The highest BCUT2D eigenvalue weighted by molar-refractivity contribution is 5.97. The van der Waals surface area contributed by atoms with Gasteiger partial charge < -0.3 is 13.9 Å². The molecule has 3 rings (SSSR count). The van der Waals surface area contributed by atoms with Crippen LogP contribution < -0.4 is 4.74 Å². The van der Waals surface area contributed by atoms with E-state index in [0.29, 0.717) is 22.5 Å². The lowest BCUT2D eigenvalue weighted by atomic mass is 10.1. The minimum atomic E-state index is -0.530. The third-order valence-corrected chi connectivity index (χ3v) is 3.80. The monoisotopic (exact) mass is 338 g/mol. The fourth-order valence-corrected chi connectivity index (χ4v) is 2.64. The molecule has 1 aromatic heterocycles. The summed E-state index contributed by atoms with van der Waals surface area (Å²) in [5.74, 6) is -0.0196. The molecule has 0 spiro atoms. The minimum absolute atomic E-state index is 0.0849. The number of carbonyl (C=O) groups excluding carboxylic acids is 2. The van der Waals surface area contributed by atoms with Gasteiger partial charge in [0, 0.05) is 5.39 Å². The number of carbonyl (C=O) groups is 2. The Morgan fingerprint density at radius 2 is 1.76 bits per heavy atom. The predicted molar refractivity (Wildman–Crippen MR) is 92.9 cm³/mol. The normalized spacial score (nSPS) is 10.6. The Bertz CT molecular complexity index is 923. The van der Waals surface area contributed by atoms with Crippen LogP contribution in [0.15, 0.2) is 52.9 Å². The first kappa shape index (κ1) is 16.8. The Labute approximate surface area is 145 Å². The maximum atomic E-state index is 12.2. The number of para-hydroxylation sites is 2. The van der Waals surface area contributed by atoms with Crippen molar-refractivity contribution in [2.24, 2.45) is 0 Å². The van der Waals surface area contributed by atoms with Gasteiger partial charge in [-0.1, -0.05) is 30.3 Å². The van der Waals surface area contributed by atoms with E-state index >= 15 is 0 Å². The van der Waals surface area contributed by atoms with Gasteiger partial charge in [-0.25, -0.2) is 4.79 Å². The number of fused-ring (bicyclic) bond motifs is 1. The maximum Gasteiger partial charge on any atom is 0.374 e. The number of furan rings is 1. The number of ether oxygens (including phenoxy) is 2. The van der Waals surface area contributed by atoms with Crippen LogP contribution in [0.2, 0.25) is 0 Å². The molecule has 0 aliphatic rings. The average Bonchev–Trinajstić information content (AvgIpc) is 2.99. The molecule has 0 N–H and O–H groups in total. The minimum Gasteiger partial charge on any atom is -0.488 e. The van der Waals surface area contributed by atoms with E-state index in [1.807, 2.05) is 18.2 Å². The topological polar surface area (TPSA) is 65.7 Å². The quantitative estimate of drug-likeness (QED) is 0.492. The Hall–Kier alpha value is -3.08. The molecule has 25 heavy (non-hydrogen) atoms. The molecule has 0 saturated heterocycles. The third kappa shape index (κ3) is 3.40. The zero-order valence-corrected chi connectivity index (χ0v) is 14.1. The van der Waals surface area contributed by atoms with Crippen molar-refractivity contribution in [1.82, 2.24) is 0 Å². The lowest BCUT2D eigenvalue weighted by Gasteiger charge is -2.10. The number of Topliss-reactive ketones (excluding diaryl/α,β-unsaturated/α-hetero) is 1. The van der Waals surface area contributed by atoms with Crippen LogP contribution in [0, 0.1) is 0 Å². The van der Waals surface area contributed by atoms with Crippen molar-refractivity contribution in [3.8, 4) is 5.75 Å². The van der Waals surface area contributed by atoms with Gasteiger partial charge in [0.1, 0.15) is 17.9 Å². The van der Waals surface area contributed by atoms with Crippen molar-refractivity contribution in [2.45, 2.75) is 20.5 Å². The zero-order chi connectivity index (χ0) is 17.8. The summed E-state index contributed by atoms with van der Waals surface area (Å²) in [6.45, 7) is 3.57. The Balaban J connectivity index is 1.97. The molecule has 5 nitrogen and oxygen atoms in total. The molecule has 0 bridgehead atoms. The van der Waals surface area contributed by atoms with Crippen molar-refractivity contribution in [1.29, 1.82) is 0 Å². The van der Waals surface area contributed by atoms with Gasteiger partial charge in [-0.3, -0.25) is 4.79 Å². The molecular formula is C20H18O5. The molecule has 128 valence electrons. The standard InChI is InChI=1S/C20H18O5/c1-3-23-20(22)19-16(15-9-5-7-11-18(15)25-19)12-24-17-10-6-4-8-14(17)13(2)21/h4-11H,3,12H2,1-2H3. The summed E-state index contributed by atoms with van der Waals surface area (Å²) in [5, 5.41) is 0.783. The van der Waals surface area contributed by atoms with Gasteiger partial charge in [-0.05, 0) is 32.0 Å². The number of benzene rings is 2. The van der Waals surface area contributed by atoms with Gasteiger partial charge in [-0.15, -0.1) is 0 Å². The van der Waals surface area contributed by atoms with E-state index in [1.54, 1.807) is 37.3 Å². The van der Waals surface area contributed by atoms with Crippen LogP contribution >= 0.6 is 0 Å². The van der Waals surface area contributed by atoms with E-state index in [1.165, 1.54) is 6.92 Å². The second kappa shape index (κ2) is 7.21. The first-order chi connectivity index (χ1) is 12.1. The fourth-order valence-electron chi connectivity index (χ4n) is 2.64. The number of hydrogen-bond donors (Lipinski definition) is 0. The highest BCUT2D eigenvalue weighted by Crippen LogP contribution is 2.28. The van der Waals surface area contributed by atoms with Gasteiger partial charge in [0.15, 0.2) is 5.78 Å². The van der Waals surface area contributed by atoms with Crippen LogP contribution in [0.25, 0.3) is 11.0 Å². The van der Waals surface area contributed by atoms with E-state index < -0.39 is 5.97 Å². The molecule has 2 aromatic carbocycles. The molecule has 0 fully saturated rings. The molecule has 0 saturated carbocycles. The van der Waals surface area contributed by atoms with Crippen LogP contribution in [0.3, 0.4) is 0 Å². The molecule has 3 aromatic rings. The summed E-state index contributed by atoms with van der Waals surface area (Å²) in [6, 6.07) is 14.3. The van der Waals surface area contributed by atoms with Crippen LogP contribution in [0.5, 0.6) is 5.75 Å². The summed E-state index contributed by atoms with van der Waals surface area (Å²) in [7, 11) is 0. The summed E-state index contributed by atoms with van der Waals surface area (Å²) >= 11 is 0. The Kier molecular flexibility index (Phi) is 4.84. The predicted octanol–water partition coefficient (Wildman–Crippen LogP) is 4.39. The van der Waals surface area contributed by atoms with E-state index in [-0.39, 0.29) is 24.8 Å². The van der Waals surface area contributed by atoms with Crippen LogP contribution in [-0.2, 0) is 11.3 Å². The number of rotatable bonds is 6. The lowest BCUT2D eigenvalue weighted by Crippen LogP contribution is -2.08. The molecule has 5 heteroatoms. The van der Waals surface area contributed by atoms with Crippen molar-refractivity contribution >= 4 is 22.7 Å². The highest BCUT2D eigenvalue weighted by Gasteiger charge is 2.22. The number of ketones is 1. The van der Waals surface area contributed by atoms with E-state index in [4.69, 9.17) is 13.9 Å². The van der Waals surface area contributed by atoms with E-state index in [9.17, 15) is 9.59 Å². The van der Waals surface area contributed by atoms with Crippen molar-refractivity contribution in [3.05, 3.63) is 65.4 Å². The molecule has 0 unspecified atom stereocenters. The number of hydrogen-bond acceptors (Lipinski definition) is 5. The van der Waals surface area contributed by atoms with E-state index in [2.05, 4.69) is 0 Å². The second-order valence-electron chi connectivity index (χ2n) is 5.47. The first-order valence-electron chi connectivity index (χ1n) is 8.02. The summed E-state index contributed by atoms with van der Waals surface area (Å²) in [6.07, 6.45) is 0. The molecule has 0 radical (unpaired) electrons. The zero-order valence-electron chi connectivity index (χ0n) is 14.1. The van der Waals surface area contributed by atoms with Crippen LogP contribution in [0.1, 0.15) is 40.3 Å². The summed E-state index contributed by atoms with van der Waals surface area (Å²) in [5.41, 5.74) is 1.68. The Morgan fingerprint density at radius 3 is 2.52 bits per heavy atom. The molecule has 0 amide bonds. The summed E-state index contributed by atoms with van der Waals surface area (Å²) in [4.78, 5) is 23.9. The molecular weight excluding hydrogens is 320 g/mol. The number of esters is 1. The van der Waals surface area contributed by atoms with Crippen LogP contribution in [0.4, 0.5) is 0 Å². The molecule has 0 aliphatic heterocycles. The van der Waals surface area contributed by atoms with Crippen molar-refractivity contribution < 1.29 is 23.5 Å². The smallest absolute Gasteiger partial charge is 0.374 e. The fraction of sp³-hybridized carbons (Fsp3) is 0.200. The Morgan fingerprint density at radius 1 is 1.04 bits per heavy atom. The van der Waals surface area contributed by atoms with Gasteiger partial charge in [0.2, 0.25) is 5.76 Å². The van der Waals surface area contributed by atoms with Crippen molar-refractivity contribution in [2.75, 3.05) is 6.61 Å². The molecule has 1 heterocycles. The average molecular weight is 338 g/mol. The molecule has 0 atom stereocenters. The second-order valence-corrected chi connectivity index (χ2v) is 5.47. The van der Waals surface area contributed by atoms with Crippen molar-refractivity contribution in [3.63, 3.8) is 0 Å². The maximum absolute atomic E-state index is 12.2. The lowest BCUT2D eigenvalue weighted by molar-refractivity contribution is 0.0488. The SMILES string of the molecule is CCOC(=O)c1oc2ccccc2c1COc1ccccc1C(C)=O. The van der Waals surface area contributed by atoms with Crippen LogP contribution in [-0.4, -0.2) is 18.4 Å². The van der Waals surface area contributed by atoms with Gasteiger partial charge in [0.05, 0.1) is 17.7 Å². The van der Waals surface area contributed by atoms with Gasteiger partial charge >= 0.3 is 5.97 Å². The molecule has 0 aliphatic carbocycles. The summed E-state index contributed by atoms with van der Waals surface area (Å²) < 4.78 is 16.6. The van der Waals surface area contributed by atoms with E-state index in [0.717, 1.165) is 5.39 Å². The largest absolute Gasteiger partial charge is 0.488 e. The first-order valence-corrected chi connectivity index (χ1v) is 8.02. The third-order valence-electron chi connectivity index (χ3n) is 3.80. The van der Waals surface area contributed by atoms with Gasteiger partial charge in [-0.2, -0.15) is 0 Å². The van der Waals surface area contributed by atoms with Gasteiger partial charge in [0.25, 0.3) is 0 Å².